The Hall–Kier alpha value is -3.62. The lowest BCUT2D eigenvalue weighted by Gasteiger charge is -2.27. The van der Waals surface area contributed by atoms with Gasteiger partial charge >= 0.3 is 6.03 Å². The molecule has 4 rings (SSSR count). The summed E-state index contributed by atoms with van der Waals surface area (Å²) < 4.78 is 12.1. The molecule has 36 heavy (non-hydrogen) atoms. The fourth-order valence-corrected chi connectivity index (χ4v) is 4.74. The third kappa shape index (κ3) is 5.29. The monoisotopic (exact) mass is 568 g/mol. The normalized spacial score (nSPS) is 14.8. The van der Waals surface area contributed by atoms with E-state index in [4.69, 9.17) is 21.1 Å². The molecule has 0 atom stereocenters. The third-order valence-electron chi connectivity index (χ3n) is 5.42. The van der Waals surface area contributed by atoms with Crippen molar-refractivity contribution in [2.24, 2.45) is 0 Å². The van der Waals surface area contributed by atoms with Crippen molar-refractivity contribution in [3.8, 4) is 11.5 Å². The Kier molecular flexibility index (Phi) is 7.47. The molecule has 9 heteroatoms. The molecule has 1 N–H and O–H groups in total. The molecule has 0 bridgehead atoms. The van der Waals surface area contributed by atoms with Crippen molar-refractivity contribution < 1.29 is 23.9 Å². The second-order valence-corrected chi connectivity index (χ2v) is 9.49. The number of halogens is 2. The minimum Gasteiger partial charge on any atom is -0.493 e. The number of carbonyl (C=O) groups excluding carboxylic acids is 3. The third-order valence-corrected chi connectivity index (χ3v) is 6.33. The van der Waals surface area contributed by atoms with Gasteiger partial charge in [-0.1, -0.05) is 53.1 Å². The van der Waals surface area contributed by atoms with Gasteiger partial charge in [-0.3, -0.25) is 14.9 Å². The van der Waals surface area contributed by atoms with Gasteiger partial charge in [0.1, 0.15) is 12.2 Å². The Balaban J connectivity index is 1.65. The Bertz CT molecular complexity index is 1400. The number of carbonyl (C=O) groups is 3. The van der Waals surface area contributed by atoms with Gasteiger partial charge in [0, 0.05) is 0 Å². The van der Waals surface area contributed by atoms with Gasteiger partial charge < -0.3 is 9.47 Å². The molecule has 0 aromatic heterocycles. The van der Waals surface area contributed by atoms with Gasteiger partial charge in [-0.25, -0.2) is 9.69 Å². The predicted octanol–water partition coefficient (Wildman–Crippen LogP) is 5.97. The summed E-state index contributed by atoms with van der Waals surface area (Å²) in [6.07, 6.45) is 1.38. The number of rotatable bonds is 6. The second-order valence-electron chi connectivity index (χ2n) is 8.23. The maximum atomic E-state index is 13.2. The molecule has 1 heterocycles. The molecule has 1 aliphatic rings. The summed E-state index contributed by atoms with van der Waals surface area (Å²) in [5, 5.41) is 2.39. The highest BCUT2D eigenvalue weighted by atomic mass is 79.9. The van der Waals surface area contributed by atoms with Crippen LogP contribution in [-0.4, -0.2) is 25.0 Å². The molecule has 1 fully saturated rings. The standard InChI is InChI=1S/C27H22BrClN2O5/c1-15-8-16(2)10-18(9-15)14-36-24-20(28)12-17(13-23(24)35-3)11-19-25(32)30-27(34)31(26(19)33)22-7-5-4-6-21(22)29/h4-13H,14H2,1-3H3,(H,30,32,34)/b19-11+. The molecule has 0 unspecified atom stereocenters. The average molecular weight is 570 g/mol. The quantitative estimate of drug-likeness (QED) is 0.292. The number of benzene rings is 3. The number of nitrogens with zero attached hydrogens (tertiary/aromatic N) is 1. The fourth-order valence-electron chi connectivity index (χ4n) is 3.95. The number of nitrogens with one attached hydrogen (secondary N) is 1. The highest BCUT2D eigenvalue weighted by molar-refractivity contribution is 9.10. The van der Waals surface area contributed by atoms with Crippen LogP contribution in [0.2, 0.25) is 5.02 Å². The topological polar surface area (TPSA) is 84.9 Å². The van der Waals surface area contributed by atoms with Crippen molar-refractivity contribution in [1.82, 2.24) is 5.32 Å². The summed E-state index contributed by atoms with van der Waals surface area (Å²) in [5.41, 5.74) is 3.73. The van der Waals surface area contributed by atoms with E-state index < -0.39 is 17.8 Å². The molecule has 0 radical (unpaired) electrons. The summed E-state index contributed by atoms with van der Waals surface area (Å²) in [6.45, 7) is 4.38. The lowest BCUT2D eigenvalue weighted by atomic mass is 10.1. The number of imide groups is 2. The highest BCUT2D eigenvalue weighted by Gasteiger charge is 2.37. The first-order valence-electron chi connectivity index (χ1n) is 10.9. The SMILES string of the molecule is COc1cc(/C=C2\C(=O)NC(=O)N(c3ccccc3Cl)C2=O)cc(Br)c1OCc1cc(C)cc(C)c1. The first kappa shape index (κ1) is 25.5. The molecule has 3 aromatic carbocycles. The number of barbiturate groups is 1. The van der Waals surface area contributed by atoms with Crippen molar-refractivity contribution >= 4 is 57.1 Å². The van der Waals surface area contributed by atoms with Gasteiger partial charge in [0.05, 0.1) is 22.3 Å². The smallest absolute Gasteiger partial charge is 0.335 e. The molecule has 4 amide bonds. The summed E-state index contributed by atoms with van der Waals surface area (Å²) in [5.74, 6) is -0.713. The molecule has 7 nitrogen and oxygen atoms in total. The van der Waals surface area contributed by atoms with Crippen LogP contribution in [0.4, 0.5) is 10.5 Å². The van der Waals surface area contributed by atoms with Crippen LogP contribution in [-0.2, 0) is 16.2 Å². The van der Waals surface area contributed by atoms with Crippen molar-refractivity contribution in [2.45, 2.75) is 20.5 Å². The van der Waals surface area contributed by atoms with Crippen molar-refractivity contribution in [3.63, 3.8) is 0 Å². The summed E-state index contributed by atoms with van der Waals surface area (Å²) in [4.78, 5) is 39.0. The number of hydrogen-bond donors (Lipinski definition) is 1. The number of hydrogen-bond acceptors (Lipinski definition) is 5. The largest absolute Gasteiger partial charge is 0.493 e. The van der Waals surface area contributed by atoms with E-state index in [2.05, 4.69) is 27.3 Å². The zero-order valence-corrected chi connectivity index (χ0v) is 22.1. The van der Waals surface area contributed by atoms with E-state index in [-0.39, 0.29) is 16.3 Å². The highest BCUT2D eigenvalue weighted by Crippen LogP contribution is 2.38. The Morgan fingerprint density at radius 3 is 2.39 bits per heavy atom. The average Bonchev–Trinajstić information content (AvgIpc) is 2.81. The van der Waals surface area contributed by atoms with E-state index in [1.165, 1.54) is 19.3 Å². The van der Waals surface area contributed by atoms with Gasteiger partial charge in [0.15, 0.2) is 11.5 Å². The molecular weight excluding hydrogens is 548 g/mol. The van der Waals surface area contributed by atoms with Gasteiger partial charge in [0.2, 0.25) is 0 Å². The van der Waals surface area contributed by atoms with Crippen LogP contribution in [0.3, 0.4) is 0 Å². The Morgan fingerprint density at radius 2 is 1.72 bits per heavy atom. The molecule has 1 aliphatic heterocycles. The Morgan fingerprint density at radius 1 is 1.03 bits per heavy atom. The van der Waals surface area contributed by atoms with Crippen LogP contribution >= 0.6 is 27.5 Å². The maximum Gasteiger partial charge on any atom is 0.335 e. The number of anilines is 1. The van der Waals surface area contributed by atoms with Gasteiger partial charge in [-0.05, 0) is 71.2 Å². The molecular formula is C27H22BrClN2O5. The summed E-state index contributed by atoms with van der Waals surface area (Å²) in [6, 6.07) is 15.0. The molecule has 0 spiro atoms. The van der Waals surface area contributed by atoms with Crippen LogP contribution in [0, 0.1) is 13.8 Å². The van der Waals surface area contributed by atoms with E-state index >= 15 is 0 Å². The van der Waals surface area contributed by atoms with Gasteiger partial charge in [-0.15, -0.1) is 0 Å². The zero-order valence-electron chi connectivity index (χ0n) is 19.7. The van der Waals surface area contributed by atoms with Crippen molar-refractivity contribution in [1.29, 1.82) is 0 Å². The van der Waals surface area contributed by atoms with E-state index in [1.54, 1.807) is 30.3 Å². The van der Waals surface area contributed by atoms with Crippen LogP contribution in [0.1, 0.15) is 22.3 Å². The molecule has 0 aliphatic carbocycles. The fraction of sp³-hybridized carbons (Fsp3) is 0.148. The number of amides is 4. The van der Waals surface area contributed by atoms with Gasteiger partial charge in [-0.2, -0.15) is 0 Å². The number of aryl methyl sites for hydroxylation is 2. The predicted molar refractivity (Wildman–Crippen MR) is 141 cm³/mol. The maximum absolute atomic E-state index is 13.2. The minimum absolute atomic E-state index is 0.175. The zero-order chi connectivity index (χ0) is 26.0. The first-order chi connectivity index (χ1) is 17.2. The second kappa shape index (κ2) is 10.6. The first-order valence-corrected chi connectivity index (χ1v) is 12.1. The molecule has 3 aromatic rings. The minimum atomic E-state index is -0.871. The van der Waals surface area contributed by atoms with Gasteiger partial charge in [0.25, 0.3) is 11.8 Å². The number of methoxy groups -OCH3 is 1. The van der Waals surface area contributed by atoms with Crippen LogP contribution in [0.15, 0.2) is 64.6 Å². The van der Waals surface area contributed by atoms with Crippen LogP contribution in [0.25, 0.3) is 6.08 Å². The Labute approximate surface area is 221 Å². The van der Waals surface area contributed by atoms with E-state index in [1.807, 2.05) is 26.0 Å². The van der Waals surface area contributed by atoms with E-state index in [0.717, 1.165) is 21.6 Å². The van der Waals surface area contributed by atoms with E-state index in [9.17, 15) is 14.4 Å². The number of para-hydroxylation sites is 1. The van der Waals surface area contributed by atoms with Crippen molar-refractivity contribution in [2.75, 3.05) is 12.0 Å². The number of urea groups is 1. The van der Waals surface area contributed by atoms with Crippen molar-refractivity contribution in [3.05, 3.63) is 91.9 Å². The summed E-state index contributed by atoms with van der Waals surface area (Å²) >= 11 is 9.69. The van der Waals surface area contributed by atoms with Crippen LogP contribution in [0.5, 0.6) is 11.5 Å². The molecule has 184 valence electrons. The lowest BCUT2D eigenvalue weighted by Crippen LogP contribution is -2.54. The van der Waals surface area contributed by atoms with E-state index in [0.29, 0.717) is 28.1 Å². The molecule has 0 saturated carbocycles. The lowest BCUT2D eigenvalue weighted by molar-refractivity contribution is -0.122. The molecule has 1 saturated heterocycles. The number of ether oxygens (including phenoxy) is 2. The van der Waals surface area contributed by atoms with Crippen LogP contribution < -0.4 is 19.7 Å². The summed E-state index contributed by atoms with van der Waals surface area (Å²) in [7, 11) is 1.50.